The second-order valence-corrected chi connectivity index (χ2v) is 5.25. The normalized spacial score (nSPS) is 10.5. The molecule has 0 saturated carbocycles. The van der Waals surface area contributed by atoms with E-state index in [9.17, 15) is 4.79 Å². The predicted molar refractivity (Wildman–Crippen MR) is 80.9 cm³/mol. The molecule has 20 heavy (non-hydrogen) atoms. The van der Waals surface area contributed by atoms with Gasteiger partial charge in [-0.25, -0.2) is 4.98 Å². The second-order valence-electron chi connectivity index (χ2n) is 4.31. The molecule has 0 fully saturated rings. The van der Waals surface area contributed by atoms with Gasteiger partial charge < -0.3 is 5.32 Å². The van der Waals surface area contributed by atoms with Crippen LogP contribution in [0.3, 0.4) is 0 Å². The molecule has 6 heteroatoms. The Morgan fingerprint density at radius 1 is 1.35 bits per heavy atom. The van der Waals surface area contributed by atoms with Crippen LogP contribution in [-0.4, -0.2) is 26.8 Å². The number of H-pyrrole nitrogens is 1. The molecular weight excluding hydrogens is 272 g/mol. The van der Waals surface area contributed by atoms with Gasteiger partial charge in [0.1, 0.15) is 5.82 Å². The Bertz CT molecular complexity index is 582. The fourth-order valence-corrected chi connectivity index (χ4v) is 2.31. The topological polar surface area (TPSA) is 70.7 Å². The fraction of sp³-hybridized carbons (Fsp3) is 0.357. The number of nitrogens with zero attached hydrogens (tertiary/aromatic N) is 2. The molecule has 0 aliphatic carbocycles. The number of hydrogen-bond donors (Lipinski definition) is 2. The summed E-state index contributed by atoms with van der Waals surface area (Å²) in [5.74, 6) is 1.09. The zero-order chi connectivity index (χ0) is 14.4. The lowest BCUT2D eigenvalue weighted by Crippen LogP contribution is -2.14. The highest BCUT2D eigenvalue weighted by atomic mass is 32.2. The molecule has 0 radical (unpaired) electrons. The van der Waals surface area contributed by atoms with Crippen LogP contribution in [0, 0.1) is 0 Å². The van der Waals surface area contributed by atoms with E-state index in [1.165, 1.54) is 17.3 Å². The lowest BCUT2D eigenvalue weighted by molar-refractivity contribution is -0.113. The van der Waals surface area contributed by atoms with Gasteiger partial charge in [0.2, 0.25) is 11.1 Å². The Hall–Kier alpha value is -1.82. The minimum Gasteiger partial charge on any atom is -0.325 e. The van der Waals surface area contributed by atoms with Crippen LogP contribution < -0.4 is 5.32 Å². The molecule has 1 amide bonds. The number of thioether (sulfide) groups is 1. The third kappa shape index (κ3) is 4.09. The van der Waals surface area contributed by atoms with Crippen LogP contribution in [-0.2, 0) is 17.6 Å². The fourth-order valence-electron chi connectivity index (χ4n) is 1.70. The van der Waals surface area contributed by atoms with Gasteiger partial charge in [-0.05, 0) is 24.1 Å². The van der Waals surface area contributed by atoms with Gasteiger partial charge in [-0.3, -0.25) is 9.89 Å². The van der Waals surface area contributed by atoms with Crippen LogP contribution in [0.15, 0.2) is 29.4 Å². The van der Waals surface area contributed by atoms with Crippen molar-refractivity contribution in [2.75, 3.05) is 11.1 Å². The molecule has 1 aromatic heterocycles. The highest BCUT2D eigenvalue weighted by Gasteiger charge is 2.07. The molecule has 0 aliphatic heterocycles. The molecule has 0 bridgehead atoms. The summed E-state index contributed by atoms with van der Waals surface area (Å²) in [5.41, 5.74) is 2.04. The minimum absolute atomic E-state index is 0.0499. The van der Waals surface area contributed by atoms with Crippen LogP contribution >= 0.6 is 11.8 Å². The molecule has 0 spiro atoms. The molecular formula is C14H18N4OS. The van der Waals surface area contributed by atoms with Crippen LogP contribution in [0.5, 0.6) is 0 Å². The molecule has 2 aromatic rings. The number of carbonyl (C=O) groups excluding carboxylic acids is 1. The van der Waals surface area contributed by atoms with Gasteiger partial charge in [-0.1, -0.05) is 37.7 Å². The van der Waals surface area contributed by atoms with Crippen LogP contribution in [0.4, 0.5) is 5.69 Å². The largest absolute Gasteiger partial charge is 0.325 e. The van der Waals surface area contributed by atoms with Crippen LogP contribution in [0.25, 0.3) is 0 Å². The Balaban J connectivity index is 1.85. The van der Waals surface area contributed by atoms with Crippen molar-refractivity contribution in [3.05, 3.63) is 35.7 Å². The zero-order valence-electron chi connectivity index (χ0n) is 11.6. The SMILES string of the molecule is CCc1cccc(NC(=O)CSc2n[nH]c(CC)n2)c1. The maximum absolute atomic E-state index is 11.9. The highest BCUT2D eigenvalue weighted by molar-refractivity contribution is 7.99. The Kier molecular flexibility index (Phi) is 5.17. The van der Waals surface area contributed by atoms with Crippen molar-refractivity contribution in [2.45, 2.75) is 31.8 Å². The van der Waals surface area contributed by atoms with E-state index in [0.29, 0.717) is 10.9 Å². The molecule has 0 unspecified atom stereocenters. The van der Waals surface area contributed by atoms with Crippen molar-refractivity contribution < 1.29 is 4.79 Å². The monoisotopic (exact) mass is 290 g/mol. The number of hydrogen-bond acceptors (Lipinski definition) is 4. The number of rotatable bonds is 6. The summed E-state index contributed by atoms with van der Waals surface area (Å²) >= 11 is 1.33. The van der Waals surface area contributed by atoms with Crippen molar-refractivity contribution in [1.29, 1.82) is 0 Å². The molecule has 5 nitrogen and oxygen atoms in total. The van der Waals surface area contributed by atoms with E-state index in [4.69, 9.17) is 0 Å². The molecule has 2 N–H and O–H groups in total. The summed E-state index contributed by atoms with van der Waals surface area (Å²) in [6.07, 6.45) is 1.76. The van der Waals surface area contributed by atoms with Crippen molar-refractivity contribution in [2.24, 2.45) is 0 Å². The van der Waals surface area contributed by atoms with Crippen LogP contribution in [0.2, 0.25) is 0 Å². The Morgan fingerprint density at radius 3 is 2.90 bits per heavy atom. The lowest BCUT2D eigenvalue weighted by Gasteiger charge is -2.05. The quantitative estimate of drug-likeness (QED) is 0.802. The van der Waals surface area contributed by atoms with Gasteiger partial charge in [0, 0.05) is 12.1 Å². The minimum atomic E-state index is -0.0499. The number of aryl methyl sites for hydroxylation is 2. The van der Waals surface area contributed by atoms with E-state index >= 15 is 0 Å². The third-order valence-electron chi connectivity index (χ3n) is 2.80. The van der Waals surface area contributed by atoms with Gasteiger partial charge >= 0.3 is 0 Å². The Morgan fingerprint density at radius 2 is 2.20 bits per heavy atom. The maximum Gasteiger partial charge on any atom is 0.234 e. The second kappa shape index (κ2) is 7.09. The van der Waals surface area contributed by atoms with Gasteiger partial charge in [-0.2, -0.15) is 0 Å². The average molecular weight is 290 g/mol. The number of amides is 1. The lowest BCUT2D eigenvalue weighted by atomic mass is 10.1. The van der Waals surface area contributed by atoms with Gasteiger partial charge in [0.25, 0.3) is 0 Å². The molecule has 0 atom stereocenters. The molecule has 0 aliphatic rings. The average Bonchev–Trinajstić information content (AvgIpc) is 2.93. The maximum atomic E-state index is 11.9. The summed E-state index contributed by atoms with van der Waals surface area (Å²) in [4.78, 5) is 16.1. The molecule has 1 aromatic carbocycles. The molecule has 106 valence electrons. The number of anilines is 1. The third-order valence-corrected chi connectivity index (χ3v) is 3.64. The van der Waals surface area contributed by atoms with E-state index in [2.05, 4.69) is 27.4 Å². The van der Waals surface area contributed by atoms with Gasteiger partial charge in [0.05, 0.1) is 5.75 Å². The Labute approximate surface area is 122 Å². The van der Waals surface area contributed by atoms with Crippen molar-refractivity contribution in [1.82, 2.24) is 15.2 Å². The smallest absolute Gasteiger partial charge is 0.234 e. The first-order valence-corrected chi connectivity index (χ1v) is 7.62. The molecule has 0 saturated heterocycles. The first-order chi connectivity index (χ1) is 9.71. The van der Waals surface area contributed by atoms with E-state index in [0.717, 1.165) is 24.4 Å². The number of nitrogens with one attached hydrogen (secondary N) is 2. The van der Waals surface area contributed by atoms with Crippen molar-refractivity contribution >= 4 is 23.4 Å². The van der Waals surface area contributed by atoms with Crippen molar-refractivity contribution in [3.8, 4) is 0 Å². The highest BCUT2D eigenvalue weighted by Crippen LogP contribution is 2.15. The first-order valence-electron chi connectivity index (χ1n) is 6.64. The first kappa shape index (κ1) is 14.6. The molecule has 2 rings (SSSR count). The van der Waals surface area contributed by atoms with E-state index in [1.54, 1.807) is 0 Å². The van der Waals surface area contributed by atoms with E-state index in [-0.39, 0.29) is 5.91 Å². The zero-order valence-corrected chi connectivity index (χ0v) is 12.5. The van der Waals surface area contributed by atoms with Crippen molar-refractivity contribution in [3.63, 3.8) is 0 Å². The molecule has 1 heterocycles. The standard InChI is InChI=1S/C14H18N4OS/c1-3-10-6-5-7-11(8-10)15-13(19)9-20-14-16-12(4-2)17-18-14/h5-8H,3-4,9H2,1-2H3,(H,15,19)(H,16,17,18). The predicted octanol–water partition coefficient (Wildman–Crippen LogP) is 2.66. The number of carbonyl (C=O) groups is 1. The summed E-state index contributed by atoms with van der Waals surface area (Å²) in [5, 5.41) is 10.4. The van der Waals surface area contributed by atoms with E-state index in [1.807, 2.05) is 31.2 Å². The number of aromatic nitrogens is 3. The number of aromatic amines is 1. The van der Waals surface area contributed by atoms with Gasteiger partial charge in [0.15, 0.2) is 0 Å². The summed E-state index contributed by atoms with van der Waals surface area (Å²) in [7, 11) is 0. The summed E-state index contributed by atoms with van der Waals surface area (Å²) in [6, 6.07) is 7.88. The summed E-state index contributed by atoms with van der Waals surface area (Å²) < 4.78 is 0. The number of benzene rings is 1. The summed E-state index contributed by atoms with van der Waals surface area (Å²) in [6.45, 7) is 4.09. The van der Waals surface area contributed by atoms with Gasteiger partial charge in [-0.15, -0.1) is 5.10 Å². The van der Waals surface area contributed by atoms with Crippen LogP contribution in [0.1, 0.15) is 25.2 Å². The van der Waals surface area contributed by atoms with E-state index < -0.39 is 0 Å².